The Morgan fingerprint density at radius 3 is 1.92 bits per heavy atom. The number of carbonyl (C=O) groups is 1. The molecule has 1 aromatic carbocycles. The molecule has 0 N–H and O–H groups in total. The van der Waals surface area contributed by atoms with E-state index in [-0.39, 0.29) is 5.92 Å². The number of carbonyl (C=O) groups excluding carboxylic acids is 1. The molecule has 1 aromatic rings. The second kappa shape index (κ2) is 10.5. The van der Waals surface area contributed by atoms with E-state index in [4.69, 9.17) is 4.99 Å². The molecule has 0 aromatic heterocycles. The second-order valence-electron chi connectivity index (χ2n) is 7.57. The molecule has 0 spiro atoms. The molecule has 2 nitrogen and oxygen atoms in total. The highest BCUT2D eigenvalue weighted by atomic mass is 16.1. The normalized spacial score (nSPS) is 13.6. The third-order valence-corrected chi connectivity index (χ3v) is 4.95. The predicted octanol–water partition coefficient (Wildman–Crippen LogP) is 7.20. The number of ketones is 1. The molecule has 0 aliphatic carbocycles. The van der Waals surface area contributed by atoms with Gasteiger partial charge in [0.2, 0.25) is 0 Å². The summed E-state index contributed by atoms with van der Waals surface area (Å²) < 4.78 is 0. The molecule has 0 saturated heterocycles. The zero-order valence-corrected chi connectivity index (χ0v) is 17.4. The summed E-state index contributed by atoms with van der Waals surface area (Å²) in [5.74, 6) is 1.16. The Hall–Kier alpha value is -1.44. The monoisotopic (exact) mass is 343 g/mol. The molecule has 25 heavy (non-hydrogen) atoms. The van der Waals surface area contributed by atoms with Crippen molar-refractivity contribution >= 4 is 17.2 Å². The van der Waals surface area contributed by atoms with Crippen LogP contribution in [-0.4, -0.2) is 11.5 Å². The van der Waals surface area contributed by atoms with Gasteiger partial charge in [-0.2, -0.15) is 0 Å². The Morgan fingerprint density at radius 1 is 0.960 bits per heavy atom. The molecule has 0 radical (unpaired) electrons. The van der Waals surface area contributed by atoms with Crippen molar-refractivity contribution in [3.63, 3.8) is 0 Å². The first kappa shape index (κ1) is 21.6. The summed E-state index contributed by atoms with van der Waals surface area (Å²) in [4.78, 5) is 17.7. The standard InChI is InChI=1S/C23H37NO/c1-8-11-13-20(22(25)10-3)21(9-2)24-23-18(16(4)5)14-12-15-19(23)17(6)7/h12,14-17,20H,8-11,13H2,1-7H3/b24-21-. The van der Waals surface area contributed by atoms with Gasteiger partial charge in [-0.15, -0.1) is 0 Å². The molecule has 1 rings (SSSR count). The molecule has 0 amide bonds. The molecule has 0 aliphatic heterocycles. The lowest BCUT2D eigenvalue weighted by molar-refractivity contribution is -0.120. The quantitative estimate of drug-likeness (QED) is 0.413. The van der Waals surface area contributed by atoms with Crippen LogP contribution in [0.2, 0.25) is 0 Å². The van der Waals surface area contributed by atoms with E-state index >= 15 is 0 Å². The SMILES string of the molecule is CCCCC(C(=O)CC)/C(CC)=N\c1c(C(C)C)cccc1C(C)C. The van der Waals surface area contributed by atoms with Gasteiger partial charge in [-0.1, -0.05) is 79.5 Å². The maximum Gasteiger partial charge on any atom is 0.141 e. The second-order valence-corrected chi connectivity index (χ2v) is 7.57. The lowest BCUT2D eigenvalue weighted by Gasteiger charge is -2.21. The smallest absolute Gasteiger partial charge is 0.141 e. The molecule has 2 heteroatoms. The van der Waals surface area contributed by atoms with Crippen LogP contribution < -0.4 is 0 Å². The molecule has 0 aliphatic rings. The lowest BCUT2D eigenvalue weighted by atomic mass is 9.88. The Morgan fingerprint density at radius 2 is 1.52 bits per heavy atom. The third-order valence-electron chi connectivity index (χ3n) is 4.95. The Bertz CT molecular complexity index is 558. The van der Waals surface area contributed by atoms with Gasteiger partial charge in [0.1, 0.15) is 5.78 Å². The number of aliphatic imine (C=N–C) groups is 1. The molecule has 1 atom stereocenters. The van der Waals surface area contributed by atoms with E-state index in [0.29, 0.717) is 24.0 Å². The first-order chi connectivity index (χ1) is 11.9. The largest absolute Gasteiger partial charge is 0.299 e. The first-order valence-corrected chi connectivity index (χ1v) is 10.1. The highest BCUT2D eigenvalue weighted by molar-refractivity contribution is 6.06. The minimum absolute atomic E-state index is 0.0184. The van der Waals surface area contributed by atoms with Crippen molar-refractivity contribution in [2.75, 3.05) is 0 Å². The number of Topliss-reactive ketones (excluding diaryl/α,β-unsaturated/α-hetero) is 1. The third kappa shape index (κ3) is 5.80. The van der Waals surface area contributed by atoms with Crippen molar-refractivity contribution in [2.45, 2.75) is 92.4 Å². The van der Waals surface area contributed by atoms with Crippen molar-refractivity contribution in [3.8, 4) is 0 Å². The zero-order valence-electron chi connectivity index (χ0n) is 17.4. The number of nitrogens with zero attached hydrogens (tertiary/aromatic N) is 1. The van der Waals surface area contributed by atoms with Gasteiger partial charge in [0, 0.05) is 12.1 Å². The van der Waals surface area contributed by atoms with Gasteiger partial charge in [0.25, 0.3) is 0 Å². The zero-order chi connectivity index (χ0) is 19.0. The van der Waals surface area contributed by atoms with E-state index in [2.05, 4.69) is 59.7 Å². The summed E-state index contributed by atoms with van der Waals surface area (Å²) in [6.07, 6.45) is 4.56. The van der Waals surface area contributed by atoms with Crippen LogP contribution in [-0.2, 0) is 4.79 Å². The van der Waals surface area contributed by atoms with Crippen molar-refractivity contribution in [1.29, 1.82) is 0 Å². The maximum absolute atomic E-state index is 12.6. The minimum Gasteiger partial charge on any atom is -0.299 e. The minimum atomic E-state index is -0.0184. The molecule has 0 fully saturated rings. The van der Waals surface area contributed by atoms with Gasteiger partial charge < -0.3 is 0 Å². The number of unbranched alkanes of at least 4 members (excludes halogenated alkanes) is 1. The van der Waals surface area contributed by atoms with Gasteiger partial charge in [0.05, 0.1) is 11.6 Å². The van der Waals surface area contributed by atoms with E-state index in [1.807, 2.05) is 6.92 Å². The summed E-state index contributed by atoms with van der Waals surface area (Å²) in [6.45, 7) is 15.2. The van der Waals surface area contributed by atoms with E-state index in [9.17, 15) is 4.79 Å². The van der Waals surface area contributed by atoms with Crippen molar-refractivity contribution < 1.29 is 4.79 Å². The summed E-state index contributed by atoms with van der Waals surface area (Å²) >= 11 is 0. The highest BCUT2D eigenvalue weighted by Gasteiger charge is 2.23. The van der Waals surface area contributed by atoms with Crippen molar-refractivity contribution in [1.82, 2.24) is 0 Å². The average molecular weight is 344 g/mol. The number of para-hydroxylation sites is 1. The van der Waals surface area contributed by atoms with Crippen molar-refractivity contribution in [2.24, 2.45) is 10.9 Å². The van der Waals surface area contributed by atoms with Crippen LogP contribution in [0.15, 0.2) is 23.2 Å². The number of hydrogen-bond acceptors (Lipinski definition) is 2. The van der Waals surface area contributed by atoms with Crippen LogP contribution in [0.1, 0.15) is 104 Å². The van der Waals surface area contributed by atoms with E-state index in [1.54, 1.807) is 0 Å². The Balaban J connectivity index is 3.46. The van der Waals surface area contributed by atoms with Gasteiger partial charge >= 0.3 is 0 Å². The summed E-state index contributed by atoms with van der Waals surface area (Å²) in [6, 6.07) is 6.51. The summed E-state index contributed by atoms with van der Waals surface area (Å²) in [7, 11) is 0. The molecular weight excluding hydrogens is 306 g/mol. The fourth-order valence-electron chi connectivity index (χ4n) is 3.36. The predicted molar refractivity (Wildman–Crippen MR) is 110 cm³/mol. The lowest BCUT2D eigenvalue weighted by Crippen LogP contribution is -2.23. The van der Waals surface area contributed by atoms with E-state index < -0.39 is 0 Å². The van der Waals surface area contributed by atoms with Gasteiger partial charge in [0.15, 0.2) is 0 Å². The number of hydrogen-bond donors (Lipinski definition) is 0. The fraction of sp³-hybridized carbons (Fsp3) is 0.652. The molecule has 140 valence electrons. The van der Waals surface area contributed by atoms with Gasteiger partial charge in [-0.05, 0) is 35.8 Å². The first-order valence-electron chi connectivity index (χ1n) is 10.1. The molecular formula is C23H37NO. The molecule has 0 saturated carbocycles. The topological polar surface area (TPSA) is 29.4 Å². The van der Waals surface area contributed by atoms with E-state index in [0.717, 1.165) is 37.1 Å². The molecule has 0 bridgehead atoms. The molecule has 1 unspecified atom stereocenters. The van der Waals surface area contributed by atoms with E-state index in [1.165, 1.54) is 11.1 Å². The number of benzene rings is 1. The van der Waals surface area contributed by atoms with Crippen LogP contribution in [0.4, 0.5) is 5.69 Å². The van der Waals surface area contributed by atoms with Gasteiger partial charge in [-0.25, -0.2) is 0 Å². The molecule has 0 heterocycles. The maximum atomic E-state index is 12.6. The van der Waals surface area contributed by atoms with Crippen LogP contribution in [0, 0.1) is 5.92 Å². The van der Waals surface area contributed by atoms with Crippen LogP contribution in [0.3, 0.4) is 0 Å². The average Bonchev–Trinajstić information content (AvgIpc) is 2.59. The van der Waals surface area contributed by atoms with Crippen LogP contribution >= 0.6 is 0 Å². The fourth-order valence-corrected chi connectivity index (χ4v) is 3.36. The summed E-state index contributed by atoms with van der Waals surface area (Å²) in [5.41, 5.74) is 4.75. The Labute approximate surface area is 155 Å². The summed E-state index contributed by atoms with van der Waals surface area (Å²) in [5, 5.41) is 0. The number of rotatable bonds is 10. The Kier molecular flexibility index (Phi) is 9.10. The van der Waals surface area contributed by atoms with Crippen molar-refractivity contribution in [3.05, 3.63) is 29.3 Å². The highest BCUT2D eigenvalue weighted by Crippen LogP contribution is 2.35. The van der Waals surface area contributed by atoms with Gasteiger partial charge in [-0.3, -0.25) is 9.79 Å². The van der Waals surface area contributed by atoms with Crippen LogP contribution in [0.25, 0.3) is 0 Å². The van der Waals surface area contributed by atoms with Crippen LogP contribution in [0.5, 0.6) is 0 Å².